The number of aromatic carboxylic acids is 1. The maximum absolute atomic E-state index is 12.9. The minimum absolute atomic E-state index is 0.0178. The van der Waals surface area contributed by atoms with Gasteiger partial charge in [0.05, 0.1) is 12.6 Å². The molecule has 1 N–H and O–H groups in total. The molecule has 1 aliphatic rings. The first-order valence-electron chi connectivity index (χ1n) is 4.15. The fraction of sp³-hybridized carbons (Fsp3) is 0.500. The molecule has 0 atom stereocenters. The highest BCUT2D eigenvalue weighted by molar-refractivity contribution is 5.85. The van der Waals surface area contributed by atoms with Crippen molar-refractivity contribution in [3.8, 4) is 0 Å². The van der Waals surface area contributed by atoms with Crippen molar-refractivity contribution in [1.82, 2.24) is 9.55 Å². The molecule has 0 saturated heterocycles. The van der Waals surface area contributed by atoms with E-state index < -0.39 is 18.3 Å². The second-order valence-electron chi connectivity index (χ2n) is 3.30. The average molecular weight is 202 g/mol. The molecular weight excluding hydrogens is 194 g/mol. The van der Waals surface area contributed by atoms with Crippen LogP contribution in [0.25, 0.3) is 0 Å². The lowest BCUT2D eigenvalue weighted by atomic mass is 10.1. The number of aromatic nitrogens is 2. The number of carboxylic acids is 1. The lowest BCUT2D eigenvalue weighted by molar-refractivity contribution is -0.0242. The fourth-order valence-corrected chi connectivity index (χ4v) is 1.57. The smallest absolute Gasteiger partial charge is 0.354 e. The second kappa shape index (κ2) is 2.76. The van der Waals surface area contributed by atoms with Gasteiger partial charge in [-0.1, -0.05) is 0 Å². The Morgan fingerprint density at radius 3 is 3.00 bits per heavy atom. The Balaban J connectivity index is 2.39. The molecule has 0 aromatic carbocycles. The van der Waals surface area contributed by atoms with Gasteiger partial charge in [0.1, 0.15) is 11.5 Å². The van der Waals surface area contributed by atoms with Gasteiger partial charge in [0.2, 0.25) is 0 Å². The predicted molar refractivity (Wildman–Crippen MR) is 42.5 cm³/mol. The van der Waals surface area contributed by atoms with Crippen LogP contribution in [0.5, 0.6) is 0 Å². The van der Waals surface area contributed by atoms with E-state index in [0.29, 0.717) is 0 Å². The fourth-order valence-electron chi connectivity index (χ4n) is 1.57. The quantitative estimate of drug-likeness (QED) is 0.743. The van der Waals surface area contributed by atoms with Gasteiger partial charge in [0.25, 0.3) is 5.92 Å². The van der Waals surface area contributed by atoms with Gasteiger partial charge in [-0.05, 0) is 0 Å². The van der Waals surface area contributed by atoms with E-state index in [1.807, 2.05) is 0 Å². The van der Waals surface area contributed by atoms with Crippen LogP contribution in [0.4, 0.5) is 8.78 Å². The average Bonchev–Trinajstić information content (AvgIpc) is 2.44. The highest BCUT2D eigenvalue weighted by Gasteiger charge is 2.36. The highest BCUT2D eigenvalue weighted by Crippen LogP contribution is 2.29. The minimum atomic E-state index is -2.75. The van der Waals surface area contributed by atoms with Gasteiger partial charge in [0, 0.05) is 13.0 Å². The van der Waals surface area contributed by atoms with Crippen molar-refractivity contribution in [3.05, 3.63) is 17.7 Å². The van der Waals surface area contributed by atoms with Crippen LogP contribution >= 0.6 is 0 Å². The summed E-state index contributed by atoms with van der Waals surface area (Å²) < 4.78 is 27.1. The van der Waals surface area contributed by atoms with Crippen LogP contribution in [-0.2, 0) is 13.0 Å². The van der Waals surface area contributed by atoms with E-state index in [0.717, 1.165) is 6.20 Å². The lowest BCUT2D eigenvalue weighted by Crippen LogP contribution is -2.30. The molecule has 0 amide bonds. The maximum Gasteiger partial charge on any atom is 0.354 e. The number of halogens is 2. The van der Waals surface area contributed by atoms with Gasteiger partial charge in [-0.3, -0.25) is 0 Å². The summed E-state index contributed by atoms with van der Waals surface area (Å²) in [7, 11) is 0. The van der Waals surface area contributed by atoms with Crippen LogP contribution in [-0.4, -0.2) is 26.5 Å². The van der Waals surface area contributed by atoms with Gasteiger partial charge in [0.15, 0.2) is 0 Å². The molecule has 1 aromatic rings. The molecule has 0 unspecified atom stereocenters. The zero-order valence-corrected chi connectivity index (χ0v) is 7.20. The minimum Gasteiger partial charge on any atom is -0.477 e. The molecule has 1 aromatic heterocycles. The number of fused-ring (bicyclic) bond motifs is 1. The number of rotatable bonds is 1. The zero-order valence-electron chi connectivity index (χ0n) is 7.20. The van der Waals surface area contributed by atoms with Crippen LogP contribution in [0, 0.1) is 0 Å². The molecule has 0 aliphatic carbocycles. The Kier molecular flexibility index (Phi) is 1.80. The van der Waals surface area contributed by atoms with Crippen LogP contribution in [0.3, 0.4) is 0 Å². The molecule has 2 rings (SSSR count). The van der Waals surface area contributed by atoms with Crippen molar-refractivity contribution < 1.29 is 18.7 Å². The van der Waals surface area contributed by atoms with E-state index in [2.05, 4.69) is 4.98 Å². The summed E-state index contributed by atoms with van der Waals surface area (Å²) in [5, 5.41) is 8.71. The number of nitrogens with zero attached hydrogens (tertiary/aromatic N) is 2. The van der Waals surface area contributed by atoms with Crippen molar-refractivity contribution in [1.29, 1.82) is 0 Å². The topological polar surface area (TPSA) is 55.1 Å². The maximum atomic E-state index is 12.9. The van der Waals surface area contributed by atoms with E-state index in [4.69, 9.17) is 5.11 Å². The molecule has 0 radical (unpaired) electrons. The van der Waals surface area contributed by atoms with E-state index in [1.165, 1.54) is 4.57 Å². The van der Waals surface area contributed by atoms with Crippen molar-refractivity contribution >= 4 is 5.97 Å². The largest absolute Gasteiger partial charge is 0.477 e. The Bertz CT molecular complexity index is 387. The molecule has 0 bridgehead atoms. The SMILES string of the molecule is O=C(O)c1cnc2n1CCC(F)(F)C2. The first-order valence-corrected chi connectivity index (χ1v) is 4.15. The van der Waals surface area contributed by atoms with Crippen molar-refractivity contribution in [2.75, 3.05) is 0 Å². The second-order valence-corrected chi connectivity index (χ2v) is 3.30. The molecule has 76 valence electrons. The summed E-state index contributed by atoms with van der Waals surface area (Å²) in [6.07, 6.45) is 0.329. The van der Waals surface area contributed by atoms with Crippen molar-refractivity contribution in [2.45, 2.75) is 25.3 Å². The summed E-state index contributed by atoms with van der Waals surface area (Å²) >= 11 is 0. The third-order valence-corrected chi connectivity index (χ3v) is 2.28. The first kappa shape index (κ1) is 9.11. The monoisotopic (exact) mass is 202 g/mol. The van der Waals surface area contributed by atoms with E-state index in [1.54, 1.807) is 0 Å². The molecule has 6 heteroatoms. The van der Waals surface area contributed by atoms with Gasteiger partial charge in [-0.25, -0.2) is 18.6 Å². The molecule has 0 fully saturated rings. The summed E-state index contributed by atoms with van der Waals surface area (Å²) in [5.41, 5.74) is -0.0181. The van der Waals surface area contributed by atoms with Crippen LogP contribution < -0.4 is 0 Å². The predicted octanol–water partition coefficient (Wildman–Crippen LogP) is 1.16. The third-order valence-electron chi connectivity index (χ3n) is 2.28. The molecule has 14 heavy (non-hydrogen) atoms. The standard InChI is InChI=1S/C8H8F2N2O2/c9-8(10)1-2-12-5(7(13)14)4-11-6(12)3-8/h4H,1-3H2,(H,13,14). The van der Waals surface area contributed by atoms with Crippen LogP contribution in [0.1, 0.15) is 22.7 Å². The third kappa shape index (κ3) is 1.36. The Morgan fingerprint density at radius 1 is 1.64 bits per heavy atom. The number of hydrogen-bond acceptors (Lipinski definition) is 2. The van der Waals surface area contributed by atoms with Crippen LogP contribution in [0.15, 0.2) is 6.20 Å². The Hall–Kier alpha value is -1.46. The van der Waals surface area contributed by atoms with Gasteiger partial charge in [-0.15, -0.1) is 0 Å². The molecular formula is C8H8F2N2O2. The normalized spacial score (nSPS) is 19.0. The highest BCUT2D eigenvalue weighted by atomic mass is 19.3. The number of carbonyl (C=O) groups is 1. The van der Waals surface area contributed by atoms with E-state index in [-0.39, 0.29) is 24.5 Å². The number of carboxylic acid groups (broad SMARTS) is 1. The molecule has 4 nitrogen and oxygen atoms in total. The summed E-state index contributed by atoms with van der Waals surface area (Å²) in [4.78, 5) is 14.3. The Morgan fingerprint density at radius 2 is 2.36 bits per heavy atom. The zero-order chi connectivity index (χ0) is 10.3. The van der Waals surface area contributed by atoms with Crippen molar-refractivity contribution in [2.24, 2.45) is 0 Å². The van der Waals surface area contributed by atoms with Crippen LogP contribution in [0.2, 0.25) is 0 Å². The molecule has 2 heterocycles. The first-order chi connectivity index (χ1) is 6.49. The van der Waals surface area contributed by atoms with Gasteiger partial charge < -0.3 is 9.67 Å². The summed E-state index contributed by atoms with van der Waals surface area (Å²) in [5.74, 6) is -3.73. The van der Waals surface area contributed by atoms with E-state index >= 15 is 0 Å². The van der Waals surface area contributed by atoms with Crippen molar-refractivity contribution in [3.63, 3.8) is 0 Å². The number of alkyl halides is 2. The number of imidazole rings is 1. The molecule has 0 saturated carbocycles. The molecule has 1 aliphatic heterocycles. The Labute approximate surface area is 78.2 Å². The molecule has 0 spiro atoms. The van der Waals surface area contributed by atoms with E-state index in [9.17, 15) is 13.6 Å². The van der Waals surface area contributed by atoms with Gasteiger partial charge in [-0.2, -0.15) is 0 Å². The number of hydrogen-bond donors (Lipinski definition) is 1. The summed E-state index contributed by atoms with van der Waals surface area (Å²) in [6.45, 7) is 0.0178. The van der Waals surface area contributed by atoms with Gasteiger partial charge >= 0.3 is 5.97 Å². The lowest BCUT2D eigenvalue weighted by Gasteiger charge is -2.23. The summed E-state index contributed by atoms with van der Waals surface area (Å²) in [6, 6.07) is 0.